The first-order chi connectivity index (χ1) is 10.7. The molecule has 7 nitrogen and oxygen atoms in total. The first-order valence-corrected chi connectivity index (χ1v) is 6.50. The summed E-state index contributed by atoms with van der Waals surface area (Å²) in [5, 5.41) is 9.50. The Balaban J connectivity index is 1.96. The standard InChI is InChI=1S/C15H15N5O2/c16-19-14(20-17)10-22-13-8-6-11(7-9-13)15(21)18-12-4-2-1-3-5-12/h1-9,16H,10,17H2,(H,18,21)/p+1. The van der Waals surface area contributed by atoms with Gasteiger partial charge in [0.2, 0.25) is 0 Å². The number of benzene rings is 2. The van der Waals surface area contributed by atoms with Gasteiger partial charge in [-0.2, -0.15) is 10.6 Å². The number of hydrogen-bond donors (Lipinski definition) is 3. The number of carbonyl (C=O) groups is 1. The zero-order valence-corrected chi connectivity index (χ0v) is 11.8. The zero-order valence-electron chi connectivity index (χ0n) is 11.8. The molecule has 22 heavy (non-hydrogen) atoms. The minimum Gasteiger partial charge on any atom is -0.485 e. The molecular weight excluding hydrogens is 282 g/mol. The van der Waals surface area contributed by atoms with Crippen LogP contribution in [0.2, 0.25) is 0 Å². The van der Waals surface area contributed by atoms with Crippen LogP contribution in [0.15, 0.2) is 64.8 Å². The summed E-state index contributed by atoms with van der Waals surface area (Å²) in [6.07, 6.45) is 0. The van der Waals surface area contributed by atoms with Crippen LogP contribution in [0.25, 0.3) is 0 Å². The minimum absolute atomic E-state index is 0.0581. The Morgan fingerprint density at radius 3 is 2.41 bits per heavy atom. The van der Waals surface area contributed by atoms with Crippen LogP contribution >= 0.6 is 0 Å². The molecule has 0 unspecified atom stereocenters. The van der Waals surface area contributed by atoms with Crippen molar-refractivity contribution in [2.45, 2.75) is 0 Å². The van der Waals surface area contributed by atoms with Crippen LogP contribution in [0.1, 0.15) is 10.4 Å². The van der Waals surface area contributed by atoms with Crippen molar-refractivity contribution in [3.8, 4) is 5.75 Å². The summed E-state index contributed by atoms with van der Waals surface area (Å²) in [6.45, 7) is 0.0581. The summed E-state index contributed by atoms with van der Waals surface area (Å²) in [5.41, 5.74) is 6.32. The number of para-hydroxylation sites is 1. The average Bonchev–Trinajstić information content (AvgIpc) is 2.57. The number of hydrazone groups is 1. The normalized spacial score (nSPS) is 10.8. The van der Waals surface area contributed by atoms with E-state index in [9.17, 15) is 4.79 Å². The van der Waals surface area contributed by atoms with Crippen molar-refractivity contribution < 1.29 is 15.1 Å². The van der Waals surface area contributed by atoms with E-state index in [-0.39, 0.29) is 18.3 Å². The second kappa shape index (κ2) is 7.53. The summed E-state index contributed by atoms with van der Waals surface area (Å²) in [7, 11) is 0. The molecule has 0 radical (unpaired) electrons. The van der Waals surface area contributed by atoms with E-state index in [2.05, 4.69) is 15.5 Å². The Bertz CT molecular complexity index is 668. The van der Waals surface area contributed by atoms with Gasteiger partial charge in [0.1, 0.15) is 5.75 Å². The Morgan fingerprint density at radius 2 is 1.82 bits per heavy atom. The summed E-state index contributed by atoms with van der Waals surface area (Å²) in [4.78, 5) is 12.1. The van der Waals surface area contributed by atoms with Crippen LogP contribution in [-0.2, 0) is 0 Å². The molecule has 0 aliphatic carbocycles. The molecule has 0 aliphatic heterocycles. The molecule has 0 aliphatic rings. The first kappa shape index (κ1) is 15.2. The molecule has 0 fully saturated rings. The highest BCUT2D eigenvalue weighted by molar-refractivity contribution is 6.04. The van der Waals surface area contributed by atoms with E-state index in [1.54, 1.807) is 24.3 Å². The molecule has 1 amide bonds. The van der Waals surface area contributed by atoms with Crippen LogP contribution in [0, 0.1) is 0 Å². The molecule has 0 spiro atoms. The summed E-state index contributed by atoms with van der Waals surface area (Å²) in [6, 6.07) is 15.9. The number of rotatable bonds is 5. The van der Waals surface area contributed by atoms with Crippen molar-refractivity contribution in [1.29, 1.82) is 0 Å². The van der Waals surface area contributed by atoms with Gasteiger partial charge in [-0.1, -0.05) is 18.2 Å². The van der Waals surface area contributed by atoms with Gasteiger partial charge < -0.3 is 15.9 Å². The highest BCUT2D eigenvalue weighted by Crippen LogP contribution is 2.14. The minimum atomic E-state index is -0.195. The molecule has 0 saturated heterocycles. The maximum Gasteiger partial charge on any atom is 0.255 e. The maximum absolute atomic E-state index is 12.1. The second-order valence-corrected chi connectivity index (χ2v) is 4.31. The van der Waals surface area contributed by atoms with Gasteiger partial charge in [-0.05, 0) is 36.4 Å². The first-order valence-electron chi connectivity index (χ1n) is 6.50. The van der Waals surface area contributed by atoms with Gasteiger partial charge in [0.15, 0.2) is 6.61 Å². The molecule has 5 N–H and O–H groups in total. The number of hydrogen-bond acceptors (Lipinski definition) is 4. The molecule has 2 aromatic rings. The fourth-order valence-corrected chi connectivity index (χ4v) is 1.68. The molecule has 0 saturated carbocycles. The van der Waals surface area contributed by atoms with Crippen LogP contribution in [-0.4, -0.2) is 18.3 Å². The highest BCUT2D eigenvalue weighted by atomic mass is 16.5. The topological polar surface area (TPSA) is 115 Å². The lowest BCUT2D eigenvalue weighted by Gasteiger charge is -2.07. The van der Waals surface area contributed by atoms with Crippen molar-refractivity contribution in [3.05, 3.63) is 60.2 Å². The van der Waals surface area contributed by atoms with Gasteiger partial charge in [0.05, 0.1) is 0 Å². The van der Waals surface area contributed by atoms with Crippen molar-refractivity contribution in [1.82, 2.24) is 0 Å². The Hall–Kier alpha value is -3.22. The number of amidine groups is 1. The molecular formula is C15H16N5O2+. The number of nitrogens with one attached hydrogen (secondary N) is 1. The van der Waals surface area contributed by atoms with Gasteiger partial charge in [-0.15, -0.1) is 0 Å². The van der Waals surface area contributed by atoms with Crippen molar-refractivity contribution >= 4 is 17.4 Å². The third kappa shape index (κ3) is 4.14. The smallest absolute Gasteiger partial charge is 0.255 e. The lowest BCUT2D eigenvalue weighted by atomic mass is 10.2. The monoisotopic (exact) mass is 298 g/mol. The number of carbonyl (C=O) groups excluding carboxylic acids is 1. The van der Waals surface area contributed by atoms with E-state index in [0.717, 1.165) is 5.69 Å². The van der Waals surface area contributed by atoms with Gasteiger partial charge in [0.25, 0.3) is 11.7 Å². The van der Waals surface area contributed by atoms with E-state index < -0.39 is 0 Å². The van der Waals surface area contributed by atoms with E-state index in [1.165, 1.54) is 0 Å². The Labute approximate surface area is 127 Å². The summed E-state index contributed by atoms with van der Waals surface area (Å²) < 4.78 is 5.39. The fraction of sp³-hybridized carbons (Fsp3) is 0.0667. The summed E-state index contributed by atoms with van der Waals surface area (Å²) >= 11 is 0. The Kier molecular flexibility index (Phi) is 5.20. The van der Waals surface area contributed by atoms with E-state index in [1.807, 2.05) is 30.3 Å². The van der Waals surface area contributed by atoms with E-state index in [0.29, 0.717) is 11.3 Å². The molecule has 0 heterocycles. The molecule has 0 aromatic heterocycles. The number of ether oxygens (including phenoxy) is 1. The molecule has 2 rings (SSSR count). The van der Waals surface area contributed by atoms with Crippen LogP contribution in [0.5, 0.6) is 5.75 Å². The van der Waals surface area contributed by atoms with Gasteiger partial charge in [0, 0.05) is 16.4 Å². The number of nitrogens with zero attached hydrogens (tertiary/aromatic N) is 2. The predicted molar refractivity (Wildman–Crippen MR) is 82.3 cm³/mol. The van der Waals surface area contributed by atoms with E-state index >= 15 is 0 Å². The summed E-state index contributed by atoms with van der Waals surface area (Å²) in [5.74, 6) is 5.61. The van der Waals surface area contributed by atoms with E-state index in [4.69, 9.17) is 16.1 Å². The number of nitrogens with two attached hydrogens (primary N) is 2. The fourth-order valence-electron chi connectivity index (χ4n) is 1.68. The van der Waals surface area contributed by atoms with Crippen molar-refractivity contribution in [2.24, 2.45) is 16.1 Å². The second-order valence-electron chi connectivity index (χ2n) is 4.31. The van der Waals surface area contributed by atoms with Crippen LogP contribution in [0.3, 0.4) is 0 Å². The molecule has 0 atom stereocenters. The SMILES string of the molecule is NN=C(COc1ccc(C(=O)Nc2ccccc2)cc1)N=[NH2+]. The van der Waals surface area contributed by atoms with Crippen LogP contribution in [0.4, 0.5) is 5.69 Å². The zero-order chi connectivity index (χ0) is 15.8. The number of amides is 1. The lowest BCUT2D eigenvalue weighted by molar-refractivity contribution is -0.207. The molecule has 112 valence electrons. The average molecular weight is 298 g/mol. The lowest BCUT2D eigenvalue weighted by Crippen LogP contribution is -2.29. The maximum atomic E-state index is 12.1. The van der Waals surface area contributed by atoms with Crippen LogP contribution < -0.4 is 21.4 Å². The third-order valence-electron chi connectivity index (χ3n) is 2.81. The third-order valence-corrected chi connectivity index (χ3v) is 2.81. The van der Waals surface area contributed by atoms with Crippen molar-refractivity contribution in [3.63, 3.8) is 0 Å². The predicted octanol–water partition coefficient (Wildman–Crippen LogP) is 0.801. The molecule has 2 aromatic carbocycles. The molecule has 7 heteroatoms. The van der Waals surface area contributed by atoms with Gasteiger partial charge >= 0.3 is 0 Å². The largest absolute Gasteiger partial charge is 0.485 e. The highest BCUT2D eigenvalue weighted by Gasteiger charge is 2.07. The molecule has 0 bridgehead atoms. The van der Waals surface area contributed by atoms with Gasteiger partial charge in [-0.25, -0.2) is 0 Å². The Morgan fingerprint density at radius 1 is 1.14 bits per heavy atom. The van der Waals surface area contributed by atoms with Gasteiger partial charge in [-0.3, -0.25) is 4.79 Å². The van der Waals surface area contributed by atoms with Crippen molar-refractivity contribution in [2.75, 3.05) is 11.9 Å². The quantitative estimate of drug-likeness (QED) is 0.249. The number of anilines is 1.